The molecule has 0 unspecified atom stereocenters. The minimum atomic E-state index is -0.332. The van der Waals surface area contributed by atoms with Crippen molar-refractivity contribution in [3.05, 3.63) is 23.8 Å². The Labute approximate surface area is 146 Å². The third-order valence-corrected chi connectivity index (χ3v) is 4.36. The van der Waals surface area contributed by atoms with E-state index >= 15 is 0 Å². The first-order valence-electron chi connectivity index (χ1n) is 7.68. The van der Waals surface area contributed by atoms with Crippen molar-refractivity contribution in [2.45, 2.75) is 25.7 Å². The number of nitrogens with one attached hydrogen (secondary N) is 2. The van der Waals surface area contributed by atoms with E-state index < -0.39 is 0 Å². The van der Waals surface area contributed by atoms with Gasteiger partial charge < -0.3 is 15.4 Å². The molecule has 1 amide bonds. The third-order valence-electron chi connectivity index (χ3n) is 4.12. The van der Waals surface area contributed by atoms with E-state index in [1.165, 1.54) is 7.11 Å². The van der Waals surface area contributed by atoms with Crippen molar-refractivity contribution in [2.75, 3.05) is 30.2 Å². The van der Waals surface area contributed by atoms with Crippen molar-refractivity contribution in [3.63, 3.8) is 0 Å². The van der Waals surface area contributed by atoms with Gasteiger partial charge >= 0.3 is 5.97 Å². The van der Waals surface area contributed by atoms with Gasteiger partial charge in [0, 0.05) is 18.4 Å². The Kier molecular flexibility index (Phi) is 6.04. The van der Waals surface area contributed by atoms with Gasteiger partial charge in [0.1, 0.15) is 5.88 Å². The molecule has 2 N–H and O–H groups in total. The van der Waals surface area contributed by atoms with E-state index in [1.54, 1.807) is 12.1 Å². The smallest absolute Gasteiger partial charge is 0.309 e. The fraction of sp³-hybridized carbons (Fsp3) is 0.471. The predicted octanol–water partition coefficient (Wildman–Crippen LogP) is 2.69. The highest BCUT2D eigenvalue weighted by Gasteiger charge is 2.42. The van der Waals surface area contributed by atoms with Gasteiger partial charge in [-0.15, -0.1) is 11.6 Å². The molecule has 0 atom stereocenters. The van der Waals surface area contributed by atoms with Crippen LogP contribution in [0, 0.1) is 16.7 Å². The number of carbonyl (C=O) groups is 2. The highest BCUT2D eigenvalue weighted by Crippen LogP contribution is 2.48. The van der Waals surface area contributed by atoms with E-state index in [1.807, 2.05) is 6.07 Å². The lowest BCUT2D eigenvalue weighted by molar-refractivity contribution is -0.139. The molecule has 2 rings (SSSR count). The van der Waals surface area contributed by atoms with E-state index in [9.17, 15) is 9.59 Å². The summed E-state index contributed by atoms with van der Waals surface area (Å²) in [6.45, 7) is 0.645. The van der Waals surface area contributed by atoms with Crippen molar-refractivity contribution in [2.24, 2.45) is 5.41 Å². The summed E-state index contributed by atoms with van der Waals surface area (Å²) >= 11 is 5.54. The molecule has 1 aliphatic rings. The summed E-state index contributed by atoms with van der Waals surface area (Å²) in [5.74, 6) is -0.776. The van der Waals surface area contributed by atoms with Crippen molar-refractivity contribution in [1.29, 1.82) is 5.26 Å². The number of amides is 1. The van der Waals surface area contributed by atoms with Crippen LogP contribution in [0.15, 0.2) is 18.2 Å². The van der Waals surface area contributed by atoms with Crippen molar-refractivity contribution in [3.8, 4) is 6.07 Å². The van der Waals surface area contributed by atoms with Crippen LogP contribution in [-0.4, -0.2) is 31.4 Å². The first-order chi connectivity index (χ1) is 11.5. The van der Waals surface area contributed by atoms with Crippen LogP contribution in [0.2, 0.25) is 0 Å². The molecule has 0 spiro atoms. The number of esters is 1. The zero-order chi connectivity index (χ0) is 17.6. The maximum absolute atomic E-state index is 11.6. The molecule has 1 aliphatic carbocycles. The molecule has 0 heterocycles. The fourth-order valence-corrected chi connectivity index (χ4v) is 2.49. The summed E-state index contributed by atoms with van der Waals surface area (Å²) in [7, 11) is 1.34. The van der Waals surface area contributed by atoms with Gasteiger partial charge in [-0.05, 0) is 30.5 Å². The van der Waals surface area contributed by atoms with Crippen LogP contribution in [0.3, 0.4) is 0 Å². The number of nitrogens with zero attached hydrogens (tertiary/aromatic N) is 1. The minimum Gasteiger partial charge on any atom is -0.469 e. The number of hydrogen-bond donors (Lipinski definition) is 2. The van der Waals surface area contributed by atoms with Crippen molar-refractivity contribution >= 4 is 34.9 Å². The van der Waals surface area contributed by atoms with E-state index in [-0.39, 0.29) is 29.6 Å². The zero-order valence-electron chi connectivity index (χ0n) is 13.5. The second-order valence-corrected chi connectivity index (χ2v) is 6.27. The maximum atomic E-state index is 11.6. The summed E-state index contributed by atoms with van der Waals surface area (Å²) in [5, 5.41) is 14.9. The van der Waals surface area contributed by atoms with Crippen LogP contribution < -0.4 is 10.6 Å². The van der Waals surface area contributed by atoms with Gasteiger partial charge in [-0.25, -0.2) is 0 Å². The number of rotatable bonds is 8. The number of methoxy groups -OCH3 is 1. The van der Waals surface area contributed by atoms with Gasteiger partial charge in [0.15, 0.2) is 0 Å². The van der Waals surface area contributed by atoms with Gasteiger partial charge in [0.25, 0.3) is 0 Å². The maximum Gasteiger partial charge on any atom is 0.309 e. The van der Waals surface area contributed by atoms with Crippen LogP contribution in [0.25, 0.3) is 0 Å². The molecule has 0 bridgehead atoms. The number of benzene rings is 1. The fourth-order valence-electron chi connectivity index (χ4n) is 2.42. The Bertz CT molecular complexity index is 666. The van der Waals surface area contributed by atoms with Crippen LogP contribution in [0.5, 0.6) is 0 Å². The van der Waals surface area contributed by atoms with Crippen molar-refractivity contribution < 1.29 is 14.3 Å². The van der Waals surface area contributed by atoms with Gasteiger partial charge in [0.05, 0.1) is 31.0 Å². The van der Waals surface area contributed by atoms with E-state index in [2.05, 4.69) is 21.4 Å². The molecule has 6 nitrogen and oxygen atoms in total. The lowest BCUT2D eigenvalue weighted by Crippen LogP contribution is -2.18. The van der Waals surface area contributed by atoms with Crippen LogP contribution in [0.1, 0.15) is 24.8 Å². The number of ether oxygens (including phenoxy) is 1. The molecule has 1 aromatic rings. The Morgan fingerprint density at radius 3 is 2.71 bits per heavy atom. The van der Waals surface area contributed by atoms with Crippen LogP contribution in [-0.2, 0) is 20.7 Å². The lowest BCUT2D eigenvalue weighted by atomic mass is 10.0. The molecule has 128 valence electrons. The molecule has 0 aliphatic heterocycles. The number of hydrogen-bond acceptors (Lipinski definition) is 5. The van der Waals surface area contributed by atoms with Crippen LogP contribution in [0.4, 0.5) is 11.4 Å². The minimum absolute atomic E-state index is 0.0147. The van der Waals surface area contributed by atoms with E-state index in [0.29, 0.717) is 24.3 Å². The second-order valence-electron chi connectivity index (χ2n) is 6.00. The second kappa shape index (κ2) is 8.02. The lowest BCUT2D eigenvalue weighted by Gasteiger charge is -2.18. The van der Waals surface area contributed by atoms with Gasteiger partial charge in [-0.3, -0.25) is 9.59 Å². The Morgan fingerprint density at radius 2 is 2.12 bits per heavy atom. The molecule has 1 saturated carbocycles. The molecule has 0 saturated heterocycles. The predicted molar refractivity (Wildman–Crippen MR) is 91.9 cm³/mol. The van der Waals surface area contributed by atoms with Gasteiger partial charge in [0.2, 0.25) is 5.91 Å². The summed E-state index contributed by atoms with van der Waals surface area (Å²) in [5.41, 5.74) is 2.10. The summed E-state index contributed by atoms with van der Waals surface area (Å²) < 4.78 is 4.68. The monoisotopic (exact) mass is 349 g/mol. The quantitative estimate of drug-likeness (QED) is 0.556. The highest BCUT2D eigenvalue weighted by atomic mass is 35.5. The number of nitriles is 1. The molecule has 0 aromatic heterocycles. The van der Waals surface area contributed by atoms with Gasteiger partial charge in [-0.2, -0.15) is 5.26 Å². The summed E-state index contributed by atoms with van der Waals surface area (Å²) in [6.07, 6.45) is 2.68. The molecular formula is C17H20ClN3O3. The number of halogens is 1. The average molecular weight is 350 g/mol. The molecule has 24 heavy (non-hydrogen) atoms. The molecule has 7 heteroatoms. The number of alkyl halides is 1. The Hall–Kier alpha value is -2.26. The van der Waals surface area contributed by atoms with Crippen LogP contribution >= 0.6 is 11.6 Å². The number of anilines is 2. The molecule has 1 aromatic carbocycles. The average Bonchev–Trinajstić information content (AvgIpc) is 3.34. The van der Waals surface area contributed by atoms with E-state index in [0.717, 1.165) is 18.4 Å². The largest absolute Gasteiger partial charge is 0.469 e. The zero-order valence-corrected chi connectivity index (χ0v) is 14.3. The van der Waals surface area contributed by atoms with Crippen molar-refractivity contribution in [1.82, 2.24) is 0 Å². The third kappa shape index (κ3) is 4.87. The molecule has 0 radical (unpaired) electrons. The standard InChI is InChI=1S/C17H20ClN3O3/c1-24-16(23)9-12-2-3-13(21-15(22)10-18)14(8-12)20-11-17(4-5-17)6-7-19/h2-3,8,20H,4-6,9-11H2,1H3,(H,21,22). The Morgan fingerprint density at radius 1 is 1.38 bits per heavy atom. The molecular weight excluding hydrogens is 330 g/mol. The summed E-state index contributed by atoms with van der Waals surface area (Å²) in [4.78, 5) is 23.0. The van der Waals surface area contributed by atoms with E-state index in [4.69, 9.17) is 16.9 Å². The molecule has 1 fully saturated rings. The Balaban J connectivity index is 2.16. The topological polar surface area (TPSA) is 91.2 Å². The first kappa shape index (κ1) is 18.1. The normalized spacial score (nSPS) is 14.4. The van der Waals surface area contributed by atoms with Gasteiger partial charge in [-0.1, -0.05) is 6.07 Å². The SMILES string of the molecule is COC(=O)Cc1ccc(NC(=O)CCl)c(NCC2(CC#N)CC2)c1. The summed E-state index contributed by atoms with van der Waals surface area (Å²) in [6, 6.07) is 7.52. The first-order valence-corrected chi connectivity index (χ1v) is 8.22. The highest BCUT2D eigenvalue weighted by molar-refractivity contribution is 6.29. The number of carbonyl (C=O) groups excluding carboxylic acids is 2.